The van der Waals surface area contributed by atoms with E-state index < -0.39 is 23.6 Å². The second-order valence-electron chi connectivity index (χ2n) is 8.99. The lowest BCUT2D eigenvalue weighted by Crippen LogP contribution is -2.60. The van der Waals surface area contributed by atoms with Gasteiger partial charge in [-0.15, -0.1) is 0 Å². The largest absolute Gasteiger partial charge is 0.444 e. The molecule has 1 atom stereocenters. The topological polar surface area (TPSA) is 108 Å². The van der Waals surface area contributed by atoms with Crippen LogP contribution in [0.25, 0.3) is 0 Å². The van der Waals surface area contributed by atoms with Crippen LogP contribution in [0.4, 0.5) is 10.5 Å². The Morgan fingerprint density at radius 3 is 2.60 bits per heavy atom. The van der Waals surface area contributed by atoms with E-state index in [4.69, 9.17) is 4.74 Å². The molecular weight excluding hydrogens is 388 g/mol. The Morgan fingerprint density at radius 1 is 1.20 bits per heavy atom. The van der Waals surface area contributed by atoms with Crippen molar-refractivity contribution in [2.75, 3.05) is 18.0 Å². The van der Waals surface area contributed by atoms with Crippen LogP contribution in [0.1, 0.15) is 49.5 Å². The van der Waals surface area contributed by atoms with E-state index in [1.54, 1.807) is 11.0 Å². The molecule has 3 heterocycles. The van der Waals surface area contributed by atoms with Gasteiger partial charge >= 0.3 is 6.09 Å². The maximum atomic E-state index is 12.8. The molecule has 4 amide bonds. The lowest BCUT2D eigenvalue weighted by molar-refractivity contribution is -0.136. The van der Waals surface area contributed by atoms with Crippen molar-refractivity contribution in [3.8, 4) is 0 Å². The zero-order valence-corrected chi connectivity index (χ0v) is 17.4. The Hall–Kier alpha value is -3.10. The third kappa shape index (κ3) is 3.96. The van der Waals surface area contributed by atoms with Crippen molar-refractivity contribution in [1.29, 1.82) is 0 Å². The van der Waals surface area contributed by atoms with Gasteiger partial charge in [0, 0.05) is 37.3 Å². The van der Waals surface area contributed by atoms with Crippen LogP contribution in [0.5, 0.6) is 0 Å². The molecular formula is C21H26N4O5. The molecule has 0 aromatic heterocycles. The Morgan fingerprint density at radius 2 is 1.93 bits per heavy atom. The lowest BCUT2D eigenvalue weighted by atomic mass is 10.0. The van der Waals surface area contributed by atoms with Gasteiger partial charge in [-0.3, -0.25) is 19.7 Å². The van der Waals surface area contributed by atoms with Crippen molar-refractivity contribution >= 4 is 29.5 Å². The molecule has 1 unspecified atom stereocenters. The highest BCUT2D eigenvalue weighted by atomic mass is 16.6. The number of imide groups is 1. The minimum Gasteiger partial charge on any atom is -0.444 e. The fraction of sp³-hybridized carbons (Fsp3) is 0.524. The minimum atomic E-state index is -0.613. The van der Waals surface area contributed by atoms with E-state index in [0.29, 0.717) is 31.6 Å². The fourth-order valence-corrected chi connectivity index (χ4v) is 4.01. The van der Waals surface area contributed by atoms with Gasteiger partial charge < -0.3 is 19.9 Å². The Balaban J connectivity index is 1.37. The standard InChI is InChI=1S/C21H26N4O5/c1-21(2,3)30-20(29)22-13-10-24(11-13)14-4-5-15-12(8-14)9-25(19(15)28)16-6-7-17(26)23-18(16)27/h4-5,8,13,16H,6-7,9-11H2,1-3H3,(H,22,29)(H,23,26,27). The lowest BCUT2D eigenvalue weighted by Gasteiger charge is -2.41. The Labute approximate surface area is 174 Å². The molecule has 160 valence electrons. The number of carbonyl (C=O) groups is 4. The number of piperidine rings is 1. The third-order valence-electron chi connectivity index (χ3n) is 5.47. The molecule has 0 radical (unpaired) electrons. The number of hydrogen-bond donors (Lipinski definition) is 2. The number of anilines is 1. The van der Waals surface area contributed by atoms with Gasteiger partial charge in [-0.1, -0.05) is 0 Å². The zero-order valence-electron chi connectivity index (χ0n) is 17.4. The number of rotatable bonds is 3. The van der Waals surface area contributed by atoms with Crippen molar-refractivity contribution in [3.63, 3.8) is 0 Å². The number of ether oxygens (including phenoxy) is 1. The normalized spacial score (nSPS) is 21.8. The van der Waals surface area contributed by atoms with Crippen LogP contribution in [0.3, 0.4) is 0 Å². The second kappa shape index (κ2) is 7.30. The monoisotopic (exact) mass is 414 g/mol. The molecule has 1 aromatic carbocycles. The molecule has 3 aliphatic heterocycles. The summed E-state index contributed by atoms with van der Waals surface area (Å²) in [4.78, 5) is 51.8. The summed E-state index contributed by atoms with van der Waals surface area (Å²) < 4.78 is 5.28. The molecule has 2 fully saturated rings. The molecule has 3 aliphatic rings. The van der Waals surface area contributed by atoms with E-state index in [-0.39, 0.29) is 24.3 Å². The number of nitrogens with zero attached hydrogens (tertiary/aromatic N) is 2. The minimum absolute atomic E-state index is 0.00899. The molecule has 4 rings (SSSR count). The maximum absolute atomic E-state index is 12.8. The van der Waals surface area contributed by atoms with Gasteiger partial charge in [0.2, 0.25) is 11.8 Å². The first kappa shape index (κ1) is 20.2. The molecule has 1 aromatic rings. The highest BCUT2D eigenvalue weighted by Crippen LogP contribution is 2.31. The Bertz CT molecular complexity index is 916. The molecule has 0 bridgehead atoms. The van der Waals surface area contributed by atoms with Crippen molar-refractivity contribution in [2.45, 2.75) is 57.8 Å². The summed E-state index contributed by atoms with van der Waals surface area (Å²) in [5, 5.41) is 5.16. The summed E-state index contributed by atoms with van der Waals surface area (Å²) in [6.45, 7) is 7.13. The summed E-state index contributed by atoms with van der Waals surface area (Å²) in [6.07, 6.45) is 0.162. The summed E-state index contributed by atoms with van der Waals surface area (Å²) in [6, 6.07) is 5.03. The summed E-state index contributed by atoms with van der Waals surface area (Å²) >= 11 is 0. The van der Waals surface area contributed by atoms with Crippen LogP contribution in [0.2, 0.25) is 0 Å². The number of amides is 4. The molecule has 9 heteroatoms. The van der Waals surface area contributed by atoms with Gasteiger partial charge in [0.1, 0.15) is 11.6 Å². The zero-order chi connectivity index (χ0) is 21.6. The third-order valence-corrected chi connectivity index (χ3v) is 5.47. The van der Waals surface area contributed by atoms with Crippen LogP contribution in [-0.4, -0.2) is 59.5 Å². The molecule has 0 saturated carbocycles. The van der Waals surface area contributed by atoms with Crippen LogP contribution in [0.15, 0.2) is 18.2 Å². The number of carbonyl (C=O) groups excluding carboxylic acids is 4. The smallest absolute Gasteiger partial charge is 0.407 e. The van der Waals surface area contributed by atoms with Crippen LogP contribution in [-0.2, 0) is 20.9 Å². The van der Waals surface area contributed by atoms with Gasteiger partial charge in [-0.05, 0) is 51.0 Å². The predicted octanol–water partition coefficient (Wildman–Crippen LogP) is 1.16. The molecule has 2 saturated heterocycles. The first-order chi connectivity index (χ1) is 14.1. The van der Waals surface area contributed by atoms with E-state index in [0.717, 1.165) is 11.3 Å². The van der Waals surface area contributed by atoms with E-state index in [2.05, 4.69) is 15.5 Å². The number of hydrogen-bond acceptors (Lipinski definition) is 6. The summed E-state index contributed by atoms with van der Waals surface area (Å²) in [5.74, 6) is -0.888. The maximum Gasteiger partial charge on any atom is 0.407 e. The molecule has 30 heavy (non-hydrogen) atoms. The fourth-order valence-electron chi connectivity index (χ4n) is 4.01. The van der Waals surface area contributed by atoms with Gasteiger partial charge in [-0.25, -0.2) is 4.79 Å². The number of fused-ring (bicyclic) bond motifs is 1. The Kier molecular flexibility index (Phi) is 4.91. The molecule has 0 aliphatic carbocycles. The van der Waals surface area contributed by atoms with Crippen molar-refractivity contribution in [2.24, 2.45) is 0 Å². The van der Waals surface area contributed by atoms with E-state index in [9.17, 15) is 19.2 Å². The van der Waals surface area contributed by atoms with E-state index in [1.165, 1.54) is 0 Å². The van der Waals surface area contributed by atoms with Crippen LogP contribution >= 0.6 is 0 Å². The van der Waals surface area contributed by atoms with Gasteiger partial charge in [0.15, 0.2) is 0 Å². The molecule has 0 spiro atoms. The van der Waals surface area contributed by atoms with Crippen molar-refractivity contribution in [1.82, 2.24) is 15.5 Å². The van der Waals surface area contributed by atoms with Gasteiger partial charge in [0.05, 0.1) is 6.04 Å². The number of alkyl carbamates (subject to hydrolysis) is 1. The van der Waals surface area contributed by atoms with Gasteiger partial charge in [0.25, 0.3) is 5.91 Å². The van der Waals surface area contributed by atoms with E-state index in [1.807, 2.05) is 32.9 Å². The number of benzene rings is 1. The molecule has 9 nitrogen and oxygen atoms in total. The first-order valence-electron chi connectivity index (χ1n) is 10.1. The quantitative estimate of drug-likeness (QED) is 0.719. The highest BCUT2D eigenvalue weighted by molar-refractivity contribution is 6.05. The van der Waals surface area contributed by atoms with Crippen LogP contribution in [0, 0.1) is 0 Å². The SMILES string of the molecule is CC(C)(C)OC(=O)NC1CN(c2ccc3c(c2)CN(C2CCC(=O)NC2=O)C3=O)C1. The number of nitrogens with one attached hydrogen (secondary N) is 2. The van der Waals surface area contributed by atoms with Crippen LogP contribution < -0.4 is 15.5 Å². The average Bonchev–Trinajstić information content (AvgIpc) is 2.92. The second-order valence-corrected chi connectivity index (χ2v) is 8.99. The van der Waals surface area contributed by atoms with Gasteiger partial charge in [-0.2, -0.15) is 0 Å². The first-order valence-corrected chi connectivity index (χ1v) is 10.1. The van der Waals surface area contributed by atoms with Crippen molar-refractivity contribution in [3.05, 3.63) is 29.3 Å². The van der Waals surface area contributed by atoms with E-state index >= 15 is 0 Å². The van der Waals surface area contributed by atoms with Crippen molar-refractivity contribution < 1.29 is 23.9 Å². The summed E-state index contributed by atoms with van der Waals surface area (Å²) in [5.41, 5.74) is 1.89. The summed E-state index contributed by atoms with van der Waals surface area (Å²) in [7, 11) is 0. The predicted molar refractivity (Wildman–Crippen MR) is 108 cm³/mol. The molecule has 2 N–H and O–H groups in total. The highest BCUT2D eigenvalue weighted by Gasteiger charge is 2.39. The average molecular weight is 414 g/mol.